The van der Waals surface area contributed by atoms with Crippen LogP contribution in [0.4, 0.5) is 18.0 Å². The lowest BCUT2D eigenvalue weighted by Crippen LogP contribution is -2.58. The maximum Gasteiger partial charge on any atom is 0.401 e. The number of nitrogens with one attached hydrogen (secondary N) is 1. The zero-order chi connectivity index (χ0) is 18.5. The van der Waals surface area contributed by atoms with Gasteiger partial charge in [-0.05, 0) is 6.92 Å². The van der Waals surface area contributed by atoms with Crippen LogP contribution in [-0.2, 0) is 9.53 Å². The first kappa shape index (κ1) is 20.7. The third-order valence-corrected chi connectivity index (χ3v) is 4.06. The molecule has 6 nitrogen and oxygen atoms in total. The minimum atomic E-state index is -4.24. The van der Waals surface area contributed by atoms with Gasteiger partial charge in [-0.3, -0.25) is 9.69 Å². The van der Waals surface area contributed by atoms with E-state index in [4.69, 9.17) is 4.74 Å². The van der Waals surface area contributed by atoms with Crippen molar-refractivity contribution in [3.8, 4) is 0 Å². The third kappa shape index (κ3) is 6.27. The Balaban J connectivity index is 2.59. The average molecular weight is 353 g/mol. The van der Waals surface area contributed by atoms with Crippen molar-refractivity contribution in [3.63, 3.8) is 0 Å². The fraction of sp³-hybridized carbons (Fsp3) is 0.867. The molecule has 1 unspecified atom stereocenters. The van der Waals surface area contributed by atoms with Crippen LogP contribution in [-0.4, -0.2) is 79.8 Å². The maximum atomic E-state index is 12.4. The van der Waals surface area contributed by atoms with Gasteiger partial charge in [-0.1, -0.05) is 13.8 Å². The quantitative estimate of drug-likeness (QED) is 0.786. The first-order valence-corrected chi connectivity index (χ1v) is 7.96. The molecule has 1 heterocycles. The van der Waals surface area contributed by atoms with Crippen molar-refractivity contribution in [2.75, 3.05) is 39.8 Å². The summed E-state index contributed by atoms with van der Waals surface area (Å²) in [5.41, 5.74) is 0. The number of ether oxygens (including phenoxy) is 1. The number of rotatable bonds is 6. The van der Waals surface area contributed by atoms with Gasteiger partial charge in [0.05, 0.1) is 12.6 Å². The summed E-state index contributed by atoms with van der Waals surface area (Å²) < 4.78 is 42.3. The van der Waals surface area contributed by atoms with Crippen molar-refractivity contribution < 1.29 is 27.5 Å². The third-order valence-electron chi connectivity index (χ3n) is 4.06. The van der Waals surface area contributed by atoms with E-state index in [1.54, 1.807) is 20.8 Å². The number of carbonyl (C=O) groups excluding carboxylic acids is 2. The molecule has 2 amide bonds. The van der Waals surface area contributed by atoms with Crippen LogP contribution in [0.2, 0.25) is 0 Å². The van der Waals surface area contributed by atoms with Crippen LogP contribution in [0.5, 0.6) is 0 Å². The first-order valence-electron chi connectivity index (χ1n) is 7.96. The fourth-order valence-electron chi connectivity index (χ4n) is 2.50. The topological polar surface area (TPSA) is 61.9 Å². The summed E-state index contributed by atoms with van der Waals surface area (Å²) in [7, 11) is 1.45. The molecule has 0 bridgehead atoms. The predicted molar refractivity (Wildman–Crippen MR) is 82.7 cm³/mol. The van der Waals surface area contributed by atoms with E-state index in [-0.39, 0.29) is 37.9 Å². The summed E-state index contributed by atoms with van der Waals surface area (Å²) in [6, 6.07) is -1.24. The molecule has 9 heteroatoms. The summed E-state index contributed by atoms with van der Waals surface area (Å²) in [5.74, 6) is -0.412. The molecule has 1 rings (SSSR count). The molecule has 0 aromatic heterocycles. The molecule has 0 radical (unpaired) electrons. The van der Waals surface area contributed by atoms with E-state index in [1.807, 2.05) is 0 Å². The second kappa shape index (κ2) is 8.66. The van der Waals surface area contributed by atoms with Crippen LogP contribution in [0.15, 0.2) is 0 Å². The largest absolute Gasteiger partial charge is 0.401 e. The van der Waals surface area contributed by atoms with Gasteiger partial charge in [0.15, 0.2) is 5.78 Å². The van der Waals surface area contributed by atoms with E-state index in [2.05, 4.69) is 5.32 Å². The normalized spacial score (nSPS) is 19.2. The number of methoxy groups -OCH3 is 1. The van der Waals surface area contributed by atoms with Gasteiger partial charge in [-0.25, -0.2) is 4.79 Å². The number of hydrogen-bond donors (Lipinski definition) is 1. The summed E-state index contributed by atoms with van der Waals surface area (Å²) in [6.45, 7) is 4.85. The lowest BCUT2D eigenvalue weighted by Gasteiger charge is -2.36. The predicted octanol–water partition coefficient (Wildman–Crippen LogP) is 1.50. The van der Waals surface area contributed by atoms with Crippen molar-refractivity contribution in [3.05, 3.63) is 0 Å². The molecule has 1 aliphatic heterocycles. The van der Waals surface area contributed by atoms with Crippen LogP contribution in [0.25, 0.3) is 0 Å². The number of carbonyl (C=O) groups is 2. The Bertz CT molecular complexity index is 435. The van der Waals surface area contributed by atoms with Gasteiger partial charge in [0.2, 0.25) is 0 Å². The number of piperazine rings is 1. The molecule has 2 atom stereocenters. The Morgan fingerprint density at radius 2 is 1.67 bits per heavy atom. The zero-order valence-corrected chi connectivity index (χ0v) is 14.5. The second-order valence-electron chi connectivity index (χ2n) is 6.30. The Morgan fingerprint density at radius 3 is 2.08 bits per heavy atom. The Labute approximate surface area is 140 Å². The Morgan fingerprint density at radius 1 is 1.12 bits per heavy atom. The highest BCUT2D eigenvalue weighted by molar-refractivity contribution is 5.90. The zero-order valence-electron chi connectivity index (χ0n) is 14.5. The van der Waals surface area contributed by atoms with Crippen LogP contribution < -0.4 is 5.32 Å². The lowest BCUT2D eigenvalue weighted by atomic mass is 9.98. The van der Waals surface area contributed by atoms with Crippen LogP contribution in [0.1, 0.15) is 20.8 Å². The van der Waals surface area contributed by atoms with Gasteiger partial charge in [0.1, 0.15) is 6.04 Å². The van der Waals surface area contributed by atoms with Gasteiger partial charge in [-0.15, -0.1) is 0 Å². The Kier molecular flexibility index (Phi) is 7.47. The number of Topliss-reactive ketones (excluding diaryl/α,β-unsaturated/α-hetero) is 1. The molecule has 1 aliphatic rings. The van der Waals surface area contributed by atoms with Crippen LogP contribution in [0.3, 0.4) is 0 Å². The molecule has 0 aliphatic carbocycles. The monoisotopic (exact) mass is 353 g/mol. The lowest BCUT2D eigenvalue weighted by molar-refractivity contribution is -0.148. The van der Waals surface area contributed by atoms with Gasteiger partial charge >= 0.3 is 12.2 Å². The SMILES string of the molecule is CO[C@H](C)C(NC(=O)N1CCN(CC(F)(F)F)CC1)C(=O)C(C)C. The summed E-state index contributed by atoms with van der Waals surface area (Å²) in [4.78, 5) is 27.2. The van der Waals surface area contributed by atoms with Crippen molar-refractivity contribution in [2.45, 2.75) is 39.1 Å². The van der Waals surface area contributed by atoms with Crippen molar-refractivity contribution in [1.29, 1.82) is 0 Å². The molecule has 1 saturated heterocycles. The van der Waals surface area contributed by atoms with Gasteiger partial charge in [0.25, 0.3) is 0 Å². The fourth-order valence-corrected chi connectivity index (χ4v) is 2.50. The van der Waals surface area contributed by atoms with E-state index in [9.17, 15) is 22.8 Å². The highest BCUT2D eigenvalue weighted by Crippen LogP contribution is 2.17. The number of urea groups is 1. The molecule has 140 valence electrons. The minimum Gasteiger partial charge on any atom is -0.379 e. The molecular weight excluding hydrogens is 327 g/mol. The van der Waals surface area contributed by atoms with Crippen LogP contribution >= 0.6 is 0 Å². The van der Waals surface area contributed by atoms with Gasteiger partial charge < -0.3 is 15.0 Å². The number of nitrogens with zero attached hydrogens (tertiary/aromatic N) is 2. The van der Waals surface area contributed by atoms with Crippen molar-refractivity contribution >= 4 is 11.8 Å². The smallest absolute Gasteiger partial charge is 0.379 e. The summed E-state index contributed by atoms with van der Waals surface area (Å²) in [5, 5.41) is 2.65. The molecule has 1 fully saturated rings. The molecule has 0 saturated carbocycles. The second-order valence-corrected chi connectivity index (χ2v) is 6.30. The molecular formula is C15H26F3N3O3. The highest BCUT2D eigenvalue weighted by Gasteiger charge is 2.34. The Hall–Kier alpha value is -1.35. The highest BCUT2D eigenvalue weighted by atomic mass is 19.4. The maximum absolute atomic E-state index is 12.4. The molecule has 0 aromatic carbocycles. The van der Waals surface area contributed by atoms with E-state index in [0.29, 0.717) is 0 Å². The molecule has 0 aromatic rings. The average Bonchev–Trinajstić information content (AvgIpc) is 2.50. The number of ketones is 1. The van der Waals surface area contributed by atoms with E-state index < -0.39 is 30.9 Å². The molecule has 1 N–H and O–H groups in total. The number of alkyl halides is 3. The number of amides is 2. The number of hydrogen-bond acceptors (Lipinski definition) is 4. The number of halogens is 3. The standard InChI is InChI=1S/C15H26F3N3O3/c1-10(2)13(22)12(11(3)24-4)19-14(23)21-7-5-20(6-8-21)9-15(16,17)18/h10-12H,5-9H2,1-4H3,(H,19,23)/t11-,12?/m1/s1. The minimum absolute atomic E-state index is 0.145. The van der Waals surface area contributed by atoms with Crippen molar-refractivity contribution in [2.24, 2.45) is 5.92 Å². The summed E-state index contributed by atoms with van der Waals surface area (Å²) >= 11 is 0. The van der Waals surface area contributed by atoms with E-state index >= 15 is 0 Å². The molecule has 24 heavy (non-hydrogen) atoms. The summed E-state index contributed by atoms with van der Waals surface area (Å²) in [6.07, 6.45) is -4.73. The first-order chi connectivity index (χ1) is 11.0. The van der Waals surface area contributed by atoms with Gasteiger partial charge in [-0.2, -0.15) is 13.2 Å². The van der Waals surface area contributed by atoms with E-state index in [1.165, 1.54) is 16.9 Å². The van der Waals surface area contributed by atoms with Crippen LogP contribution in [0, 0.1) is 5.92 Å². The molecule has 0 spiro atoms. The van der Waals surface area contributed by atoms with Crippen molar-refractivity contribution in [1.82, 2.24) is 15.1 Å². The van der Waals surface area contributed by atoms with E-state index in [0.717, 1.165) is 0 Å². The van der Waals surface area contributed by atoms with Gasteiger partial charge in [0, 0.05) is 39.2 Å².